The molecule has 2 heteroatoms. The molecule has 1 aromatic heterocycles. The van der Waals surface area contributed by atoms with Crippen molar-refractivity contribution in [3.8, 4) is 0 Å². The summed E-state index contributed by atoms with van der Waals surface area (Å²) in [6.07, 6.45) is 8.51. The third kappa shape index (κ3) is 2.80. The van der Waals surface area contributed by atoms with E-state index in [1.54, 1.807) is 17.4 Å². The van der Waals surface area contributed by atoms with Crippen LogP contribution >= 0.6 is 0 Å². The summed E-state index contributed by atoms with van der Waals surface area (Å²) in [5.41, 5.74) is 4.38. The molecule has 0 fully saturated rings. The Hall–Kier alpha value is -1.54. The topological polar surface area (TPSA) is 25.2 Å². The highest BCUT2D eigenvalue weighted by Crippen LogP contribution is 2.35. The molecule has 0 bridgehead atoms. The van der Waals surface area contributed by atoms with Crippen molar-refractivity contribution in [1.29, 1.82) is 0 Å². The first-order valence-corrected chi connectivity index (χ1v) is 7.70. The van der Waals surface area contributed by atoms with Crippen molar-refractivity contribution in [2.45, 2.75) is 44.6 Å². The fraction of sp³-hybridized carbons (Fsp3) is 0.444. The van der Waals surface area contributed by atoms with E-state index in [1.165, 1.54) is 24.8 Å². The van der Waals surface area contributed by atoms with Gasteiger partial charge in [-0.25, -0.2) is 0 Å². The lowest BCUT2D eigenvalue weighted by atomic mass is 9.77. The summed E-state index contributed by atoms with van der Waals surface area (Å²) in [5.74, 6) is 0.620. The third-order valence-corrected chi connectivity index (χ3v) is 4.40. The van der Waals surface area contributed by atoms with Crippen LogP contribution in [0.4, 0.5) is 0 Å². The van der Waals surface area contributed by atoms with Crippen LogP contribution in [0.25, 0.3) is 0 Å². The molecule has 106 valence electrons. The summed E-state index contributed by atoms with van der Waals surface area (Å²) in [6, 6.07) is 11.5. The largest absolute Gasteiger partial charge is 0.472 e. The Balaban J connectivity index is 1.84. The van der Waals surface area contributed by atoms with Gasteiger partial charge in [-0.05, 0) is 60.9 Å². The van der Waals surface area contributed by atoms with Crippen LogP contribution in [0.1, 0.15) is 42.4 Å². The zero-order valence-electron chi connectivity index (χ0n) is 12.1. The second-order valence-corrected chi connectivity index (χ2v) is 5.70. The van der Waals surface area contributed by atoms with Gasteiger partial charge >= 0.3 is 0 Å². The standard InChI is InChI=1S/C18H23NO/c1-2-19-18(12-14-10-11-20-13-14)17-9-5-7-15-6-3-4-8-16(15)17/h3-4,6,8,10-11,13,17-19H,2,5,7,9,12H2,1H3. The minimum Gasteiger partial charge on any atom is -0.472 e. The van der Waals surface area contributed by atoms with Gasteiger partial charge in [0.2, 0.25) is 0 Å². The van der Waals surface area contributed by atoms with Crippen LogP contribution in [0.2, 0.25) is 0 Å². The van der Waals surface area contributed by atoms with E-state index in [2.05, 4.69) is 42.6 Å². The molecule has 2 unspecified atom stereocenters. The Labute approximate surface area is 121 Å². The zero-order valence-corrected chi connectivity index (χ0v) is 12.1. The summed E-state index contributed by atoms with van der Waals surface area (Å²) in [5, 5.41) is 3.69. The maximum absolute atomic E-state index is 5.22. The number of rotatable bonds is 5. The van der Waals surface area contributed by atoms with Crippen LogP contribution in [0.15, 0.2) is 47.3 Å². The van der Waals surface area contributed by atoms with Crippen molar-refractivity contribution < 1.29 is 4.42 Å². The van der Waals surface area contributed by atoms with Gasteiger partial charge in [-0.3, -0.25) is 0 Å². The molecule has 1 aliphatic rings. The molecule has 0 saturated carbocycles. The summed E-state index contributed by atoms with van der Waals surface area (Å²) >= 11 is 0. The quantitative estimate of drug-likeness (QED) is 0.890. The molecule has 0 saturated heterocycles. The predicted molar refractivity (Wildman–Crippen MR) is 82.0 cm³/mol. The lowest BCUT2D eigenvalue weighted by Gasteiger charge is -2.33. The highest BCUT2D eigenvalue weighted by molar-refractivity contribution is 5.34. The van der Waals surface area contributed by atoms with Crippen LogP contribution in [0.3, 0.4) is 0 Å². The number of hydrogen-bond acceptors (Lipinski definition) is 2. The Morgan fingerprint density at radius 1 is 1.30 bits per heavy atom. The Morgan fingerprint density at radius 2 is 2.20 bits per heavy atom. The third-order valence-electron chi connectivity index (χ3n) is 4.40. The second-order valence-electron chi connectivity index (χ2n) is 5.70. The molecule has 2 atom stereocenters. The number of likely N-dealkylation sites (N-methyl/N-ethyl adjacent to an activating group) is 1. The molecule has 1 heterocycles. The van der Waals surface area contributed by atoms with Crippen molar-refractivity contribution in [3.63, 3.8) is 0 Å². The van der Waals surface area contributed by atoms with E-state index >= 15 is 0 Å². The summed E-state index contributed by atoms with van der Waals surface area (Å²) < 4.78 is 5.22. The maximum Gasteiger partial charge on any atom is 0.0935 e. The summed E-state index contributed by atoms with van der Waals surface area (Å²) in [6.45, 7) is 3.21. The molecule has 1 aliphatic carbocycles. The zero-order chi connectivity index (χ0) is 13.8. The first kappa shape index (κ1) is 13.4. The second kappa shape index (κ2) is 6.27. The monoisotopic (exact) mass is 269 g/mol. The van der Waals surface area contributed by atoms with Gasteiger partial charge in [0.15, 0.2) is 0 Å². The first-order valence-electron chi connectivity index (χ1n) is 7.70. The van der Waals surface area contributed by atoms with Crippen LogP contribution in [0.5, 0.6) is 0 Å². The van der Waals surface area contributed by atoms with E-state index in [0.29, 0.717) is 12.0 Å². The van der Waals surface area contributed by atoms with Crippen LogP contribution in [0, 0.1) is 0 Å². The maximum atomic E-state index is 5.22. The van der Waals surface area contributed by atoms with Gasteiger partial charge < -0.3 is 9.73 Å². The number of fused-ring (bicyclic) bond motifs is 1. The Bertz CT molecular complexity index is 532. The van der Waals surface area contributed by atoms with Crippen molar-refractivity contribution in [2.75, 3.05) is 6.54 Å². The molecule has 0 spiro atoms. The van der Waals surface area contributed by atoms with Gasteiger partial charge in [0, 0.05) is 6.04 Å². The molecule has 20 heavy (non-hydrogen) atoms. The lowest BCUT2D eigenvalue weighted by molar-refractivity contribution is 0.395. The number of benzene rings is 1. The smallest absolute Gasteiger partial charge is 0.0935 e. The average Bonchev–Trinajstić information content (AvgIpc) is 2.99. The van der Waals surface area contributed by atoms with Crippen molar-refractivity contribution in [2.24, 2.45) is 0 Å². The molecule has 3 rings (SSSR count). The molecule has 1 N–H and O–H groups in total. The number of aryl methyl sites for hydroxylation is 1. The van der Waals surface area contributed by atoms with Gasteiger partial charge in [-0.2, -0.15) is 0 Å². The van der Waals surface area contributed by atoms with Gasteiger partial charge in [-0.1, -0.05) is 31.2 Å². The van der Waals surface area contributed by atoms with E-state index in [4.69, 9.17) is 4.42 Å². The van der Waals surface area contributed by atoms with Crippen LogP contribution < -0.4 is 5.32 Å². The summed E-state index contributed by atoms with van der Waals surface area (Å²) in [4.78, 5) is 0. The molecule has 2 aromatic rings. The fourth-order valence-corrected chi connectivity index (χ4v) is 3.49. The van der Waals surface area contributed by atoms with E-state index in [0.717, 1.165) is 13.0 Å². The van der Waals surface area contributed by atoms with E-state index in [9.17, 15) is 0 Å². The Kier molecular flexibility index (Phi) is 4.22. The minimum absolute atomic E-state index is 0.499. The SMILES string of the molecule is CCNC(Cc1ccoc1)C1CCCc2ccccc21. The molecular weight excluding hydrogens is 246 g/mol. The molecule has 2 nitrogen and oxygen atoms in total. The molecule has 0 aliphatic heterocycles. The van der Waals surface area contributed by atoms with Gasteiger partial charge in [-0.15, -0.1) is 0 Å². The molecular formula is C18H23NO. The number of hydrogen-bond donors (Lipinski definition) is 1. The fourth-order valence-electron chi connectivity index (χ4n) is 3.49. The minimum atomic E-state index is 0.499. The normalized spacial score (nSPS) is 19.6. The van der Waals surface area contributed by atoms with Gasteiger partial charge in [0.1, 0.15) is 0 Å². The average molecular weight is 269 g/mol. The van der Waals surface area contributed by atoms with Crippen molar-refractivity contribution in [3.05, 3.63) is 59.5 Å². The van der Waals surface area contributed by atoms with Gasteiger partial charge in [0.05, 0.1) is 12.5 Å². The summed E-state index contributed by atoms with van der Waals surface area (Å²) in [7, 11) is 0. The number of furan rings is 1. The predicted octanol–water partition coefficient (Wildman–Crippen LogP) is 3.92. The van der Waals surface area contributed by atoms with Gasteiger partial charge in [0.25, 0.3) is 0 Å². The molecule has 0 amide bonds. The highest BCUT2D eigenvalue weighted by atomic mass is 16.3. The first-order chi connectivity index (χ1) is 9.88. The van der Waals surface area contributed by atoms with Crippen molar-refractivity contribution >= 4 is 0 Å². The van der Waals surface area contributed by atoms with Crippen LogP contribution in [-0.2, 0) is 12.8 Å². The van der Waals surface area contributed by atoms with E-state index < -0.39 is 0 Å². The van der Waals surface area contributed by atoms with E-state index in [-0.39, 0.29) is 0 Å². The molecule has 0 radical (unpaired) electrons. The number of nitrogens with one attached hydrogen (secondary N) is 1. The molecule has 1 aromatic carbocycles. The van der Waals surface area contributed by atoms with E-state index in [1.807, 2.05) is 6.26 Å². The van der Waals surface area contributed by atoms with Crippen molar-refractivity contribution in [1.82, 2.24) is 5.32 Å². The van der Waals surface area contributed by atoms with Crippen LogP contribution in [-0.4, -0.2) is 12.6 Å². The lowest BCUT2D eigenvalue weighted by Crippen LogP contribution is -2.38. The Morgan fingerprint density at radius 3 is 3.00 bits per heavy atom. The highest BCUT2D eigenvalue weighted by Gasteiger charge is 2.27.